The van der Waals surface area contributed by atoms with Crippen molar-refractivity contribution >= 4 is 23.2 Å². The second-order valence-corrected chi connectivity index (χ2v) is 10.3. The van der Waals surface area contributed by atoms with Gasteiger partial charge in [-0.1, -0.05) is 36.4 Å². The summed E-state index contributed by atoms with van der Waals surface area (Å²) in [6.07, 6.45) is 1.22. The average molecular weight is 492 g/mol. The fourth-order valence-corrected chi connectivity index (χ4v) is 6.07. The fraction of sp³-hybridized carbons (Fsp3) is 0.357. The van der Waals surface area contributed by atoms with E-state index in [2.05, 4.69) is 47.5 Å². The maximum Gasteiger partial charge on any atom is 0.236 e. The molecule has 182 valence electrons. The summed E-state index contributed by atoms with van der Waals surface area (Å²) in [5.41, 5.74) is 4.62. The summed E-state index contributed by atoms with van der Waals surface area (Å²) in [5, 5.41) is 2.16. The maximum atomic E-state index is 13.3. The van der Waals surface area contributed by atoms with Crippen molar-refractivity contribution < 1.29 is 14.0 Å². The van der Waals surface area contributed by atoms with Crippen molar-refractivity contribution in [1.82, 2.24) is 14.7 Å². The van der Waals surface area contributed by atoms with Crippen molar-refractivity contribution in [3.63, 3.8) is 0 Å². The first kappa shape index (κ1) is 23.7. The van der Waals surface area contributed by atoms with Gasteiger partial charge in [0.15, 0.2) is 0 Å². The van der Waals surface area contributed by atoms with Gasteiger partial charge in [0, 0.05) is 37.6 Å². The van der Waals surface area contributed by atoms with Crippen LogP contribution in [0.2, 0.25) is 0 Å². The van der Waals surface area contributed by atoms with Gasteiger partial charge in [0.2, 0.25) is 11.8 Å². The van der Waals surface area contributed by atoms with E-state index in [1.54, 1.807) is 23.5 Å². The number of carbonyl (C=O) groups excluding carboxylic acids is 2. The number of hydrogen-bond acceptors (Lipinski definition) is 4. The zero-order valence-electron chi connectivity index (χ0n) is 20.0. The van der Waals surface area contributed by atoms with Crippen LogP contribution in [0.15, 0.2) is 60.0 Å². The van der Waals surface area contributed by atoms with Gasteiger partial charge in [-0.25, -0.2) is 4.39 Å². The maximum absolute atomic E-state index is 13.3. The monoisotopic (exact) mass is 491 g/mol. The number of rotatable bonds is 5. The lowest BCUT2D eigenvalue weighted by atomic mass is 9.90. The molecule has 3 heterocycles. The molecule has 0 spiro atoms. The molecule has 2 aliphatic heterocycles. The second kappa shape index (κ2) is 10.3. The lowest BCUT2D eigenvalue weighted by Gasteiger charge is -2.39. The Kier molecular flexibility index (Phi) is 6.97. The number of piperazine rings is 1. The first-order chi connectivity index (χ1) is 17.0. The molecule has 1 aromatic heterocycles. The standard InChI is InChI=1S/C28H30FN3O2S/c1-20-4-2-3-5-23(20)28-24-11-17-35-25(24)10-12-32(28)19-27(34)31-15-13-30(14-16-31)26(33)18-21-6-8-22(29)9-7-21/h2-9,11,17,28H,10,12-16,18-19H2,1H3. The second-order valence-electron chi connectivity index (χ2n) is 9.34. The van der Waals surface area contributed by atoms with E-state index in [1.807, 2.05) is 9.80 Å². The van der Waals surface area contributed by atoms with Crippen LogP contribution in [0.5, 0.6) is 0 Å². The number of hydrogen-bond donors (Lipinski definition) is 0. The van der Waals surface area contributed by atoms with Gasteiger partial charge in [0.1, 0.15) is 5.82 Å². The Labute approximate surface area is 209 Å². The predicted molar refractivity (Wildman–Crippen MR) is 136 cm³/mol. The highest BCUT2D eigenvalue weighted by atomic mass is 32.1. The number of nitrogens with zero attached hydrogens (tertiary/aromatic N) is 3. The Morgan fingerprint density at radius 2 is 1.57 bits per heavy atom. The van der Waals surface area contributed by atoms with Crippen molar-refractivity contribution in [2.75, 3.05) is 39.3 Å². The summed E-state index contributed by atoms with van der Waals surface area (Å²) >= 11 is 1.80. The van der Waals surface area contributed by atoms with Gasteiger partial charge in [0.05, 0.1) is 19.0 Å². The third kappa shape index (κ3) is 5.16. The Bertz CT molecular complexity index is 1200. The quantitative estimate of drug-likeness (QED) is 0.541. The molecule has 2 amide bonds. The molecule has 0 bridgehead atoms. The smallest absolute Gasteiger partial charge is 0.236 e. The van der Waals surface area contributed by atoms with E-state index in [4.69, 9.17) is 0 Å². The van der Waals surface area contributed by atoms with Crippen LogP contribution in [0.4, 0.5) is 4.39 Å². The topological polar surface area (TPSA) is 43.9 Å². The third-order valence-corrected chi connectivity index (χ3v) is 8.14. The molecule has 7 heteroatoms. The van der Waals surface area contributed by atoms with E-state index in [1.165, 1.54) is 33.7 Å². The van der Waals surface area contributed by atoms with E-state index in [0.29, 0.717) is 32.7 Å². The molecular formula is C28H30FN3O2S. The predicted octanol–water partition coefficient (Wildman–Crippen LogP) is 4.06. The highest BCUT2D eigenvalue weighted by Crippen LogP contribution is 2.38. The molecule has 0 N–H and O–H groups in total. The van der Waals surface area contributed by atoms with E-state index < -0.39 is 0 Å². The SMILES string of the molecule is Cc1ccccc1C1c2ccsc2CCN1CC(=O)N1CCN(C(=O)Cc2ccc(F)cc2)CC1. The van der Waals surface area contributed by atoms with Gasteiger partial charge in [-0.15, -0.1) is 11.3 Å². The molecular weight excluding hydrogens is 461 g/mol. The molecule has 0 radical (unpaired) electrons. The van der Waals surface area contributed by atoms with E-state index in [0.717, 1.165) is 18.5 Å². The lowest BCUT2D eigenvalue weighted by molar-refractivity contribution is -0.140. The minimum absolute atomic E-state index is 0.0179. The molecule has 1 saturated heterocycles. The van der Waals surface area contributed by atoms with Crippen LogP contribution >= 0.6 is 11.3 Å². The first-order valence-electron chi connectivity index (χ1n) is 12.2. The number of halogens is 1. The number of thiophene rings is 1. The zero-order valence-corrected chi connectivity index (χ0v) is 20.8. The largest absolute Gasteiger partial charge is 0.339 e. The Morgan fingerprint density at radius 3 is 2.29 bits per heavy atom. The number of benzene rings is 2. The number of amides is 2. The Morgan fingerprint density at radius 1 is 0.886 bits per heavy atom. The number of fused-ring (bicyclic) bond motifs is 1. The molecule has 3 aromatic rings. The van der Waals surface area contributed by atoms with Gasteiger partial charge < -0.3 is 9.80 Å². The normalized spacial score (nSPS) is 18.4. The van der Waals surface area contributed by atoms with Crippen molar-refractivity contribution in [1.29, 1.82) is 0 Å². The Balaban J connectivity index is 1.22. The van der Waals surface area contributed by atoms with Crippen LogP contribution in [-0.4, -0.2) is 65.8 Å². The molecule has 0 aliphatic carbocycles. The summed E-state index contributed by atoms with van der Waals surface area (Å²) in [5.74, 6) is -0.167. The summed E-state index contributed by atoms with van der Waals surface area (Å²) in [6.45, 7) is 5.51. The van der Waals surface area contributed by atoms with Crippen LogP contribution in [0, 0.1) is 12.7 Å². The molecule has 35 heavy (non-hydrogen) atoms. The summed E-state index contributed by atoms with van der Waals surface area (Å²) in [7, 11) is 0. The van der Waals surface area contributed by atoms with Gasteiger partial charge in [-0.2, -0.15) is 0 Å². The summed E-state index contributed by atoms with van der Waals surface area (Å²) in [6, 6.07) is 16.8. The highest BCUT2D eigenvalue weighted by molar-refractivity contribution is 7.10. The third-order valence-electron chi connectivity index (χ3n) is 7.14. The van der Waals surface area contributed by atoms with Crippen LogP contribution in [0.1, 0.15) is 33.2 Å². The molecule has 2 aromatic carbocycles. The minimum atomic E-state index is -0.304. The van der Waals surface area contributed by atoms with Crippen molar-refractivity contribution in [3.05, 3.63) is 92.9 Å². The number of aryl methyl sites for hydroxylation is 1. The van der Waals surface area contributed by atoms with Gasteiger partial charge in [0.25, 0.3) is 0 Å². The van der Waals surface area contributed by atoms with E-state index in [-0.39, 0.29) is 30.1 Å². The summed E-state index contributed by atoms with van der Waals surface area (Å²) < 4.78 is 13.1. The average Bonchev–Trinajstić information content (AvgIpc) is 3.35. The first-order valence-corrected chi connectivity index (χ1v) is 13.0. The van der Waals surface area contributed by atoms with Crippen LogP contribution in [0.3, 0.4) is 0 Å². The van der Waals surface area contributed by atoms with Crippen LogP contribution < -0.4 is 0 Å². The Hall–Kier alpha value is -3.03. The zero-order chi connectivity index (χ0) is 24.4. The molecule has 5 rings (SSSR count). The van der Waals surface area contributed by atoms with Crippen molar-refractivity contribution in [2.45, 2.75) is 25.8 Å². The van der Waals surface area contributed by atoms with Crippen LogP contribution in [-0.2, 0) is 22.4 Å². The number of carbonyl (C=O) groups is 2. The van der Waals surface area contributed by atoms with Crippen molar-refractivity contribution in [2.24, 2.45) is 0 Å². The van der Waals surface area contributed by atoms with Crippen LogP contribution in [0.25, 0.3) is 0 Å². The van der Waals surface area contributed by atoms with E-state index >= 15 is 0 Å². The van der Waals surface area contributed by atoms with Crippen molar-refractivity contribution in [3.8, 4) is 0 Å². The fourth-order valence-electron chi connectivity index (χ4n) is 5.16. The molecule has 5 nitrogen and oxygen atoms in total. The molecule has 1 unspecified atom stereocenters. The molecule has 0 saturated carbocycles. The lowest BCUT2D eigenvalue weighted by Crippen LogP contribution is -2.53. The van der Waals surface area contributed by atoms with E-state index in [9.17, 15) is 14.0 Å². The summed E-state index contributed by atoms with van der Waals surface area (Å²) in [4.78, 5) is 33.4. The molecule has 1 atom stereocenters. The minimum Gasteiger partial charge on any atom is -0.339 e. The van der Waals surface area contributed by atoms with Gasteiger partial charge in [-0.3, -0.25) is 14.5 Å². The molecule has 2 aliphatic rings. The highest BCUT2D eigenvalue weighted by Gasteiger charge is 2.33. The van der Waals surface area contributed by atoms with Gasteiger partial charge >= 0.3 is 0 Å². The molecule has 1 fully saturated rings. The van der Waals surface area contributed by atoms with Gasteiger partial charge in [-0.05, 0) is 59.2 Å².